The Balaban J connectivity index is 2.24. The third kappa shape index (κ3) is 2.90. The summed E-state index contributed by atoms with van der Waals surface area (Å²) < 4.78 is 18.5. The van der Waals surface area contributed by atoms with E-state index in [2.05, 4.69) is 4.98 Å². The van der Waals surface area contributed by atoms with Crippen molar-refractivity contribution in [1.29, 1.82) is 0 Å². The van der Waals surface area contributed by atoms with Gasteiger partial charge in [-0.2, -0.15) is 0 Å². The van der Waals surface area contributed by atoms with Gasteiger partial charge in [-0.05, 0) is 29.8 Å². The van der Waals surface area contributed by atoms with Crippen molar-refractivity contribution in [2.24, 2.45) is 0 Å². The molecule has 1 aromatic carbocycles. The molecule has 1 heterocycles. The highest BCUT2D eigenvalue weighted by atomic mass is 19.1. The topological polar surface area (TPSA) is 42.4 Å². The van der Waals surface area contributed by atoms with Gasteiger partial charge in [0.2, 0.25) is 0 Å². The zero-order valence-electron chi connectivity index (χ0n) is 10.9. The van der Waals surface area contributed by atoms with E-state index in [1.54, 1.807) is 12.3 Å². The molecule has 19 heavy (non-hydrogen) atoms. The Morgan fingerprint density at radius 3 is 2.63 bits per heavy atom. The molecule has 2 atom stereocenters. The van der Waals surface area contributed by atoms with E-state index in [9.17, 15) is 9.50 Å². The molecule has 100 valence electrons. The molecule has 1 N–H and O–H groups in total. The minimum Gasteiger partial charge on any atom is -0.494 e. The van der Waals surface area contributed by atoms with E-state index in [4.69, 9.17) is 4.74 Å². The summed E-state index contributed by atoms with van der Waals surface area (Å²) >= 11 is 0. The Morgan fingerprint density at radius 1 is 1.26 bits per heavy atom. The lowest BCUT2D eigenvalue weighted by atomic mass is 9.94. The summed E-state index contributed by atoms with van der Waals surface area (Å²) in [5, 5.41) is 10.3. The quantitative estimate of drug-likeness (QED) is 0.919. The van der Waals surface area contributed by atoms with Crippen molar-refractivity contribution in [3.63, 3.8) is 0 Å². The smallest absolute Gasteiger partial charge is 0.165 e. The van der Waals surface area contributed by atoms with E-state index < -0.39 is 11.9 Å². The van der Waals surface area contributed by atoms with E-state index >= 15 is 0 Å². The Labute approximate surface area is 111 Å². The minimum absolute atomic E-state index is 0.168. The van der Waals surface area contributed by atoms with E-state index in [0.29, 0.717) is 5.56 Å². The Kier molecular flexibility index (Phi) is 4.12. The number of hydrogen-bond acceptors (Lipinski definition) is 3. The number of methoxy groups -OCH3 is 1. The van der Waals surface area contributed by atoms with Crippen molar-refractivity contribution in [3.05, 3.63) is 59.7 Å². The van der Waals surface area contributed by atoms with Crippen LogP contribution in [0.1, 0.15) is 30.2 Å². The van der Waals surface area contributed by atoms with Gasteiger partial charge in [-0.3, -0.25) is 4.98 Å². The van der Waals surface area contributed by atoms with Crippen LogP contribution in [0.3, 0.4) is 0 Å². The average Bonchev–Trinajstić information content (AvgIpc) is 2.46. The maximum Gasteiger partial charge on any atom is 0.165 e. The van der Waals surface area contributed by atoms with Gasteiger partial charge in [0.1, 0.15) is 0 Å². The minimum atomic E-state index is -0.810. The van der Waals surface area contributed by atoms with Crippen molar-refractivity contribution < 1.29 is 14.2 Å². The molecule has 2 rings (SSSR count). The summed E-state index contributed by atoms with van der Waals surface area (Å²) in [6, 6.07) is 9.98. The van der Waals surface area contributed by atoms with Crippen molar-refractivity contribution in [3.8, 4) is 5.75 Å². The van der Waals surface area contributed by atoms with E-state index in [-0.39, 0.29) is 11.7 Å². The van der Waals surface area contributed by atoms with Crippen LogP contribution in [0.25, 0.3) is 0 Å². The standard InChI is InChI=1S/C15H16FNO2/c1-10(13-5-3-4-8-17-13)15(18)11-6-7-14(19-2)12(16)9-11/h3-10,15,18H,1-2H3. The number of aliphatic hydroxyl groups excluding tert-OH is 1. The van der Waals surface area contributed by atoms with Crippen LogP contribution in [-0.4, -0.2) is 17.2 Å². The molecule has 0 spiro atoms. The van der Waals surface area contributed by atoms with Crippen molar-refractivity contribution >= 4 is 0 Å². The second-order valence-corrected chi connectivity index (χ2v) is 4.38. The summed E-state index contributed by atoms with van der Waals surface area (Å²) in [7, 11) is 1.41. The fraction of sp³-hybridized carbons (Fsp3) is 0.267. The zero-order chi connectivity index (χ0) is 13.8. The van der Waals surface area contributed by atoms with Crippen LogP contribution in [0.4, 0.5) is 4.39 Å². The molecule has 4 heteroatoms. The molecule has 0 aliphatic carbocycles. The van der Waals surface area contributed by atoms with Gasteiger partial charge in [0, 0.05) is 17.8 Å². The number of ether oxygens (including phenoxy) is 1. The summed E-state index contributed by atoms with van der Waals surface area (Å²) in [4.78, 5) is 4.20. The maximum atomic E-state index is 13.6. The predicted molar refractivity (Wildman–Crippen MR) is 70.6 cm³/mol. The molecule has 0 aliphatic heterocycles. The van der Waals surface area contributed by atoms with Crippen LogP contribution in [0.5, 0.6) is 5.75 Å². The number of rotatable bonds is 4. The zero-order valence-corrected chi connectivity index (χ0v) is 10.9. The normalized spacial score (nSPS) is 13.9. The van der Waals surface area contributed by atoms with Gasteiger partial charge in [0.25, 0.3) is 0 Å². The molecule has 2 unspecified atom stereocenters. The second-order valence-electron chi connectivity index (χ2n) is 4.38. The van der Waals surface area contributed by atoms with Gasteiger partial charge in [0.15, 0.2) is 11.6 Å². The molecule has 2 aromatic rings. The van der Waals surface area contributed by atoms with Crippen LogP contribution in [-0.2, 0) is 0 Å². The maximum absolute atomic E-state index is 13.6. The van der Waals surface area contributed by atoms with Gasteiger partial charge < -0.3 is 9.84 Å². The third-order valence-corrected chi connectivity index (χ3v) is 3.15. The Bertz CT molecular complexity index is 545. The molecule has 1 aromatic heterocycles. The fourth-order valence-corrected chi connectivity index (χ4v) is 1.96. The first kappa shape index (κ1) is 13.5. The molecule has 0 fully saturated rings. The molecule has 0 saturated carbocycles. The van der Waals surface area contributed by atoms with Crippen LogP contribution in [0, 0.1) is 5.82 Å². The van der Waals surface area contributed by atoms with Crippen molar-refractivity contribution in [2.45, 2.75) is 18.9 Å². The number of benzene rings is 1. The number of pyridine rings is 1. The lowest BCUT2D eigenvalue weighted by molar-refractivity contribution is 0.149. The fourth-order valence-electron chi connectivity index (χ4n) is 1.96. The summed E-state index contributed by atoms with van der Waals surface area (Å²) in [5.41, 5.74) is 1.28. The van der Waals surface area contributed by atoms with Gasteiger partial charge in [-0.15, -0.1) is 0 Å². The first-order chi connectivity index (χ1) is 9.13. The Morgan fingerprint density at radius 2 is 2.05 bits per heavy atom. The van der Waals surface area contributed by atoms with Crippen LogP contribution >= 0.6 is 0 Å². The van der Waals surface area contributed by atoms with Crippen LogP contribution in [0.2, 0.25) is 0 Å². The van der Waals surface area contributed by atoms with Gasteiger partial charge >= 0.3 is 0 Å². The summed E-state index contributed by atoms with van der Waals surface area (Å²) in [6.07, 6.45) is 0.864. The molecule has 0 amide bonds. The van der Waals surface area contributed by atoms with Gasteiger partial charge in [-0.25, -0.2) is 4.39 Å². The highest BCUT2D eigenvalue weighted by Gasteiger charge is 2.20. The highest BCUT2D eigenvalue weighted by molar-refractivity contribution is 5.31. The summed E-state index contributed by atoms with van der Waals surface area (Å²) in [6.45, 7) is 1.86. The predicted octanol–water partition coefficient (Wildman–Crippen LogP) is 3.07. The SMILES string of the molecule is COc1ccc(C(O)C(C)c2ccccn2)cc1F. The van der Waals surface area contributed by atoms with E-state index in [1.807, 2.05) is 25.1 Å². The number of aromatic nitrogens is 1. The monoisotopic (exact) mass is 261 g/mol. The van der Waals surface area contributed by atoms with Crippen molar-refractivity contribution in [1.82, 2.24) is 4.98 Å². The van der Waals surface area contributed by atoms with E-state index in [1.165, 1.54) is 19.2 Å². The Hall–Kier alpha value is -1.94. The lowest BCUT2D eigenvalue weighted by Gasteiger charge is -2.19. The number of hydrogen-bond donors (Lipinski definition) is 1. The largest absolute Gasteiger partial charge is 0.494 e. The molecule has 3 nitrogen and oxygen atoms in total. The first-order valence-corrected chi connectivity index (χ1v) is 6.06. The van der Waals surface area contributed by atoms with Gasteiger partial charge in [-0.1, -0.05) is 19.1 Å². The third-order valence-electron chi connectivity index (χ3n) is 3.15. The number of halogens is 1. The molecule has 0 bridgehead atoms. The average molecular weight is 261 g/mol. The second kappa shape index (κ2) is 5.80. The number of nitrogens with zero attached hydrogens (tertiary/aromatic N) is 1. The molecule has 0 aliphatic rings. The molecular weight excluding hydrogens is 245 g/mol. The first-order valence-electron chi connectivity index (χ1n) is 6.06. The van der Waals surface area contributed by atoms with Crippen molar-refractivity contribution in [2.75, 3.05) is 7.11 Å². The van der Waals surface area contributed by atoms with E-state index in [0.717, 1.165) is 5.69 Å². The lowest BCUT2D eigenvalue weighted by Crippen LogP contribution is -2.09. The molecule has 0 saturated heterocycles. The molecule has 0 radical (unpaired) electrons. The van der Waals surface area contributed by atoms with Crippen LogP contribution < -0.4 is 4.74 Å². The number of aliphatic hydroxyl groups is 1. The van der Waals surface area contributed by atoms with Crippen LogP contribution in [0.15, 0.2) is 42.6 Å². The molecular formula is C15H16FNO2. The van der Waals surface area contributed by atoms with Gasteiger partial charge in [0.05, 0.1) is 13.2 Å². The highest BCUT2D eigenvalue weighted by Crippen LogP contribution is 2.31. The summed E-state index contributed by atoms with van der Waals surface area (Å²) in [5.74, 6) is -0.525.